The Morgan fingerprint density at radius 2 is 2.11 bits per heavy atom. The van der Waals surface area contributed by atoms with E-state index in [1.165, 1.54) is 6.92 Å². The molecule has 7 heteroatoms. The van der Waals surface area contributed by atoms with Gasteiger partial charge in [-0.3, -0.25) is 0 Å². The number of hydrogen-bond donors (Lipinski definition) is 0. The van der Waals surface area contributed by atoms with Crippen LogP contribution in [0.5, 0.6) is 0 Å². The van der Waals surface area contributed by atoms with E-state index in [0.717, 1.165) is 6.07 Å². The predicted octanol–water partition coefficient (Wildman–Crippen LogP) is 3.65. The summed E-state index contributed by atoms with van der Waals surface area (Å²) >= 11 is 3.00. The van der Waals surface area contributed by atoms with Gasteiger partial charge >= 0.3 is 12.1 Å². The van der Waals surface area contributed by atoms with E-state index >= 15 is 0 Å². The normalized spacial score (nSPS) is 10.9. The summed E-state index contributed by atoms with van der Waals surface area (Å²) < 4.78 is 42.8. The van der Waals surface area contributed by atoms with E-state index in [9.17, 15) is 18.0 Å². The topological polar surface area (TPSA) is 50.1 Å². The molecule has 0 N–H and O–H groups in total. The van der Waals surface area contributed by atoms with Gasteiger partial charge in [-0.05, 0) is 24.6 Å². The van der Waals surface area contributed by atoms with Gasteiger partial charge in [0, 0.05) is 5.33 Å². The van der Waals surface area contributed by atoms with Gasteiger partial charge in [0.25, 0.3) is 0 Å². The van der Waals surface area contributed by atoms with E-state index in [1.54, 1.807) is 6.07 Å². The minimum absolute atomic E-state index is 0.0175. The zero-order chi connectivity index (χ0) is 14.6. The number of alkyl halides is 4. The fraction of sp³-hybridized carbons (Fsp3) is 0.333. The summed E-state index contributed by atoms with van der Waals surface area (Å²) in [5.74, 6) is -0.938. The molecule has 0 aliphatic rings. The fourth-order valence-electron chi connectivity index (χ4n) is 1.47. The van der Waals surface area contributed by atoms with Crippen LogP contribution in [0, 0.1) is 11.3 Å². The van der Waals surface area contributed by atoms with Gasteiger partial charge in [0.2, 0.25) is 0 Å². The molecule has 0 saturated carbocycles. The number of benzene rings is 1. The molecule has 0 unspecified atom stereocenters. The second-order valence-corrected chi connectivity index (χ2v) is 4.08. The van der Waals surface area contributed by atoms with Crippen LogP contribution in [0.4, 0.5) is 13.2 Å². The molecule has 19 heavy (non-hydrogen) atoms. The average Bonchev–Trinajstić information content (AvgIpc) is 2.36. The molecular weight excluding hydrogens is 327 g/mol. The van der Waals surface area contributed by atoms with Gasteiger partial charge in [0.15, 0.2) is 0 Å². The maximum absolute atomic E-state index is 12.7. The van der Waals surface area contributed by atoms with E-state index < -0.39 is 17.7 Å². The lowest BCUT2D eigenvalue weighted by Crippen LogP contribution is -2.13. The highest BCUT2D eigenvalue weighted by Gasteiger charge is 2.33. The summed E-state index contributed by atoms with van der Waals surface area (Å²) in [5, 5.41) is 9.02. The first-order chi connectivity index (χ1) is 8.85. The number of halogens is 4. The summed E-state index contributed by atoms with van der Waals surface area (Å²) in [7, 11) is 0. The number of esters is 1. The van der Waals surface area contributed by atoms with Gasteiger partial charge in [-0.1, -0.05) is 15.9 Å². The Morgan fingerprint density at radius 3 is 2.53 bits per heavy atom. The molecule has 0 bridgehead atoms. The molecule has 0 aromatic heterocycles. The van der Waals surface area contributed by atoms with Crippen LogP contribution in [0.2, 0.25) is 0 Å². The Bertz CT molecular complexity index is 535. The molecule has 0 fully saturated rings. The van der Waals surface area contributed by atoms with Crippen LogP contribution in [0.15, 0.2) is 12.1 Å². The Morgan fingerprint density at radius 1 is 1.47 bits per heavy atom. The van der Waals surface area contributed by atoms with Crippen molar-refractivity contribution >= 4 is 21.9 Å². The van der Waals surface area contributed by atoms with E-state index in [1.807, 2.05) is 0 Å². The largest absolute Gasteiger partial charge is 0.462 e. The molecule has 1 aromatic rings. The summed E-state index contributed by atoms with van der Waals surface area (Å²) in [6.45, 7) is 1.55. The molecule has 1 rings (SSSR count). The molecule has 0 amide bonds. The molecule has 0 heterocycles. The highest BCUT2D eigenvalue weighted by Crippen LogP contribution is 2.33. The fourth-order valence-corrected chi connectivity index (χ4v) is 1.92. The van der Waals surface area contributed by atoms with E-state index in [0.29, 0.717) is 6.07 Å². The third-order valence-corrected chi connectivity index (χ3v) is 2.90. The van der Waals surface area contributed by atoms with Gasteiger partial charge in [0.05, 0.1) is 23.3 Å². The monoisotopic (exact) mass is 335 g/mol. The number of rotatable bonds is 3. The molecule has 0 radical (unpaired) electrons. The lowest BCUT2D eigenvalue weighted by atomic mass is 9.99. The maximum Gasteiger partial charge on any atom is 0.416 e. The average molecular weight is 336 g/mol. The van der Waals surface area contributed by atoms with Crippen molar-refractivity contribution in [3.05, 3.63) is 34.4 Å². The predicted molar refractivity (Wildman–Crippen MR) is 64.7 cm³/mol. The minimum Gasteiger partial charge on any atom is -0.462 e. The molecule has 102 valence electrons. The highest BCUT2D eigenvalue weighted by molar-refractivity contribution is 9.08. The smallest absolute Gasteiger partial charge is 0.416 e. The summed E-state index contributed by atoms with van der Waals surface area (Å²) in [6.07, 6.45) is -4.59. The van der Waals surface area contributed by atoms with Crippen LogP contribution in [-0.2, 0) is 16.2 Å². The molecular formula is C12H9BrF3NO2. The Kier molecular flexibility index (Phi) is 4.95. The maximum atomic E-state index is 12.7. The van der Waals surface area contributed by atoms with Crippen molar-refractivity contribution in [1.82, 2.24) is 0 Å². The summed E-state index contributed by atoms with van der Waals surface area (Å²) in [6, 6.07) is 3.22. The summed E-state index contributed by atoms with van der Waals surface area (Å²) in [4.78, 5) is 11.6. The third-order valence-electron chi connectivity index (χ3n) is 2.30. The quantitative estimate of drug-likeness (QED) is 0.625. The lowest BCUT2D eigenvalue weighted by molar-refractivity contribution is -0.137. The van der Waals surface area contributed by atoms with Crippen LogP contribution < -0.4 is 0 Å². The Balaban J connectivity index is 3.50. The first-order valence-corrected chi connectivity index (χ1v) is 6.34. The Hall–Kier alpha value is -1.55. The Labute approximate surface area is 116 Å². The summed E-state index contributed by atoms with van der Waals surface area (Å²) in [5.41, 5.74) is -1.36. The molecule has 0 spiro atoms. The van der Waals surface area contributed by atoms with Crippen LogP contribution in [-0.4, -0.2) is 12.6 Å². The number of nitriles is 1. The second-order valence-electron chi connectivity index (χ2n) is 3.52. The molecule has 1 aromatic carbocycles. The third kappa shape index (κ3) is 3.47. The van der Waals surface area contributed by atoms with E-state index in [4.69, 9.17) is 5.26 Å². The van der Waals surface area contributed by atoms with Crippen LogP contribution >= 0.6 is 15.9 Å². The van der Waals surface area contributed by atoms with Gasteiger partial charge in [-0.25, -0.2) is 4.79 Å². The molecule has 0 aliphatic carbocycles. The number of hydrogen-bond acceptors (Lipinski definition) is 3. The zero-order valence-electron chi connectivity index (χ0n) is 9.84. The SMILES string of the molecule is CCOC(=O)c1cc(C(F)(F)F)cc(CBr)c1C#N. The van der Waals surface area contributed by atoms with Crippen LogP contribution in [0.1, 0.15) is 34.0 Å². The van der Waals surface area contributed by atoms with Crippen molar-refractivity contribution in [1.29, 1.82) is 5.26 Å². The zero-order valence-corrected chi connectivity index (χ0v) is 11.4. The van der Waals surface area contributed by atoms with Crippen molar-refractivity contribution in [2.24, 2.45) is 0 Å². The van der Waals surface area contributed by atoms with Crippen LogP contribution in [0.3, 0.4) is 0 Å². The minimum atomic E-state index is -4.59. The number of carbonyl (C=O) groups is 1. The van der Waals surface area contributed by atoms with Crippen molar-refractivity contribution in [3.63, 3.8) is 0 Å². The molecule has 0 atom stereocenters. The van der Waals surface area contributed by atoms with E-state index in [-0.39, 0.29) is 28.6 Å². The standard InChI is InChI=1S/C12H9BrF3NO2/c1-2-19-11(18)9-4-8(12(14,15)16)3-7(5-13)10(9)6-17/h3-4H,2,5H2,1H3. The first kappa shape index (κ1) is 15.5. The first-order valence-electron chi connectivity index (χ1n) is 5.22. The molecule has 3 nitrogen and oxygen atoms in total. The van der Waals surface area contributed by atoms with Gasteiger partial charge in [-0.15, -0.1) is 0 Å². The van der Waals surface area contributed by atoms with Crippen molar-refractivity contribution in [3.8, 4) is 6.07 Å². The van der Waals surface area contributed by atoms with Crippen molar-refractivity contribution < 1.29 is 22.7 Å². The molecule has 0 aliphatic heterocycles. The highest BCUT2D eigenvalue weighted by atomic mass is 79.9. The van der Waals surface area contributed by atoms with Gasteiger partial charge < -0.3 is 4.74 Å². The van der Waals surface area contributed by atoms with Crippen molar-refractivity contribution in [2.75, 3.05) is 6.61 Å². The van der Waals surface area contributed by atoms with Gasteiger partial charge in [-0.2, -0.15) is 18.4 Å². The van der Waals surface area contributed by atoms with Crippen molar-refractivity contribution in [2.45, 2.75) is 18.4 Å². The number of carbonyl (C=O) groups excluding carboxylic acids is 1. The molecule has 0 saturated heterocycles. The number of ether oxygens (including phenoxy) is 1. The second kappa shape index (κ2) is 6.06. The van der Waals surface area contributed by atoms with Crippen LogP contribution in [0.25, 0.3) is 0 Å². The van der Waals surface area contributed by atoms with E-state index in [2.05, 4.69) is 20.7 Å². The number of nitrogens with zero attached hydrogens (tertiary/aromatic N) is 1. The lowest BCUT2D eigenvalue weighted by Gasteiger charge is -2.13. The van der Waals surface area contributed by atoms with Gasteiger partial charge in [0.1, 0.15) is 6.07 Å².